The van der Waals surface area contributed by atoms with Crippen LogP contribution in [-0.4, -0.2) is 45.5 Å². The van der Waals surface area contributed by atoms with Gasteiger partial charge in [0.1, 0.15) is 18.4 Å². The van der Waals surface area contributed by atoms with Crippen molar-refractivity contribution >= 4 is 28.9 Å². The van der Waals surface area contributed by atoms with Crippen LogP contribution in [0.3, 0.4) is 0 Å². The molecule has 0 bridgehead atoms. The van der Waals surface area contributed by atoms with Gasteiger partial charge in [-0.2, -0.15) is 5.10 Å². The number of para-hydroxylation sites is 1. The molecule has 2 aliphatic heterocycles. The highest BCUT2D eigenvalue weighted by Gasteiger charge is 2.43. The van der Waals surface area contributed by atoms with Crippen LogP contribution in [0.4, 0.5) is 4.39 Å². The Morgan fingerprint density at radius 1 is 1.11 bits per heavy atom. The fourth-order valence-corrected chi connectivity index (χ4v) is 3.98. The van der Waals surface area contributed by atoms with Crippen LogP contribution in [0.1, 0.15) is 16.8 Å². The van der Waals surface area contributed by atoms with Crippen molar-refractivity contribution in [1.82, 2.24) is 14.9 Å². The monoisotopic (exact) mass is 376 g/mol. The molecule has 0 radical (unpaired) electrons. The molecule has 28 heavy (non-hydrogen) atoms. The summed E-state index contributed by atoms with van der Waals surface area (Å²) in [6.45, 7) is 0.275. The number of fused-ring (bicyclic) bond motifs is 4. The van der Waals surface area contributed by atoms with E-state index >= 15 is 0 Å². The van der Waals surface area contributed by atoms with Crippen LogP contribution in [0.25, 0.3) is 10.9 Å². The molecule has 1 N–H and O–H groups in total. The highest BCUT2D eigenvalue weighted by Crippen LogP contribution is 2.32. The lowest BCUT2D eigenvalue weighted by molar-refractivity contribution is -0.157. The number of benzene rings is 2. The summed E-state index contributed by atoms with van der Waals surface area (Å²) in [5.74, 6) is -0.746. The molecule has 1 aromatic heterocycles. The summed E-state index contributed by atoms with van der Waals surface area (Å²) in [5.41, 5.74) is 3.60. The van der Waals surface area contributed by atoms with Crippen LogP contribution in [0.15, 0.2) is 53.6 Å². The standard InChI is InChI=1S/C21H17FN4O2/c22-14-5-3-4-13(8-14)10-23-26-12-20(27)25-11-18-16(9-19(25)21(26)28)15-6-1-2-7-17(15)24-18/h1-8,10,19,24H,9,11-12H2/b23-10+/t19-/m1/s1. The van der Waals surface area contributed by atoms with Gasteiger partial charge in [-0.25, -0.2) is 9.40 Å². The van der Waals surface area contributed by atoms with Crippen LogP contribution in [-0.2, 0) is 22.6 Å². The minimum absolute atomic E-state index is 0.114. The number of amides is 2. The molecule has 2 aliphatic rings. The molecule has 3 heterocycles. The summed E-state index contributed by atoms with van der Waals surface area (Å²) in [6.07, 6.45) is 1.86. The molecular formula is C21H17FN4O2. The Kier molecular flexibility index (Phi) is 3.75. The molecule has 0 saturated carbocycles. The first-order valence-corrected chi connectivity index (χ1v) is 9.09. The van der Waals surface area contributed by atoms with Crippen molar-refractivity contribution in [2.24, 2.45) is 5.10 Å². The van der Waals surface area contributed by atoms with E-state index in [1.807, 2.05) is 24.3 Å². The number of halogens is 1. The van der Waals surface area contributed by atoms with Crippen molar-refractivity contribution in [2.45, 2.75) is 19.0 Å². The van der Waals surface area contributed by atoms with E-state index in [1.54, 1.807) is 17.0 Å². The Bertz CT molecular complexity index is 1140. The van der Waals surface area contributed by atoms with E-state index < -0.39 is 6.04 Å². The van der Waals surface area contributed by atoms with Gasteiger partial charge in [0.15, 0.2) is 0 Å². The normalized spacial score (nSPS) is 19.4. The number of rotatable bonds is 2. The molecule has 5 rings (SSSR count). The van der Waals surface area contributed by atoms with Gasteiger partial charge in [-0.3, -0.25) is 9.59 Å². The lowest BCUT2D eigenvalue weighted by Gasteiger charge is -2.40. The third kappa shape index (κ3) is 2.67. The van der Waals surface area contributed by atoms with Crippen molar-refractivity contribution in [1.29, 1.82) is 0 Å². The SMILES string of the molecule is O=C1[C@H]2Cc3c([nH]c4ccccc34)CN2C(=O)CN1/N=C/c1cccc(F)c1. The minimum Gasteiger partial charge on any atom is -0.357 e. The molecule has 1 saturated heterocycles. The molecule has 2 aromatic carbocycles. The zero-order chi connectivity index (χ0) is 19.3. The summed E-state index contributed by atoms with van der Waals surface area (Å²) in [5, 5.41) is 6.43. The Balaban J connectivity index is 1.45. The van der Waals surface area contributed by atoms with E-state index in [0.717, 1.165) is 22.2 Å². The van der Waals surface area contributed by atoms with Crippen LogP contribution in [0, 0.1) is 5.82 Å². The summed E-state index contributed by atoms with van der Waals surface area (Å²) in [7, 11) is 0. The summed E-state index contributed by atoms with van der Waals surface area (Å²) < 4.78 is 13.3. The Hall–Kier alpha value is -3.48. The van der Waals surface area contributed by atoms with Gasteiger partial charge in [0, 0.05) is 23.0 Å². The van der Waals surface area contributed by atoms with E-state index in [2.05, 4.69) is 10.1 Å². The first-order chi connectivity index (χ1) is 13.6. The van der Waals surface area contributed by atoms with Gasteiger partial charge in [0.05, 0.1) is 12.8 Å². The topological polar surface area (TPSA) is 68.8 Å². The predicted molar refractivity (Wildman–Crippen MR) is 102 cm³/mol. The molecule has 3 aromatic rings. The second-order valence-corrected chi connectivity index (χ2v) is 7.06. The number of hydrazone groups is 1. The predicted octanol–water partition coefficient (Wildman–Crippen LogP) is 2.44. The van der Waals surface area contributed by atoms with Gasteiger partial charge < -0.3 is 9.88 Å². The van der Waals surface area contributed by atoms with E-state index in [1.165, 1.54) is 23.4 Å². The number of H-pyrrole nitrogens is 1. The zero-order valence-corrected chi connectivity index (χ0v) is 14.9. The maximum Gasteiger partial charge on any atom is 0.266 e. The fourth-order valence-electron chi connectivity index (χ4n) is 3.98. The molecule has 0 aliphatic carbocycles. The molecule has 7 heteroatoms. The van der Waals surface area contributed by atoms with E-state index in [-0.39, 0.29) is 24.2 Å². The Morgan fingerprint density at radius 2 is 1.96 bits per heavy atom. The summed E-state index contributed by atoms with van der Waals surface area (Å²) >= 11 is 0. The van der Waals surface area contributed by atoms with Gasteiger partial charge in [-0.05, 0) is 29.3 Å². The molecular weight excluding hydrogens is 359 g/mol. The molecule has 0 unspecified atom stereocenters. The average molecular weight is 376 g/mol. The molecule has 1 atom stereocenters. The zero-order valence-electron chi connectivity index (χ0n) is 14.9. The van der Waals surface area contributed by atoms with Gasteiger partial charge in [-0.1, -0.05) is 30.3 Å². The van der Waals surface area contributed by atoms with Crippen molar-refractivity contribution in [3.63, 3.8) is 0 Å². The highest BCUT2D eigenvalue weighted by molar-refractivity contribution is 5.97. The van der Waals surface area contributed by atoms with Crippen LogP contribution in [0.5, 0.6) is 0 Å². The van der Waals surface area contributed by atoms with Crippen molar-refractivity contribution < 1.29 is 14.0 Å². The van der Waals surface area contributed by atoms with E-state index in [9.17, 15) is 14.0 Å². The quantitative estimate of drug-likeness (QED) is 0.698. The summed E-state index contributed by atoms with van der Waals surface area (Å²) in [4.78, 5) is 30.6. The lowest BCUT2D eigenvalue weighted by Crippen LogP contribution is -2.60. The van der Waals surface area contributed by atoms with Crippen LogP contribution >= 0.6 is 0 Å². The number of aromatic nitrogens is 1. The number of hydrogen-bond donors (Lipinski definition) is 1. The minimum atomic E-state index is -0.572. The second-order valence-electron chi connectivity index (χ2n) is 7.06. The van der Waals surface area contributed by atoms with Gasteiger partial charge in [0.2, 0.25) is 5.91 Å². The van der Waals surface area contributed by atoms with Gasteiger partial charge in [-0.15, -0.1) is 0 Å². The number of carbonyl (C=O) groups is 2. The average Bonchev–Trinajstić information content (AvgIpc) is 3.06. The number of piperazine rings is 1. The molecule has 0 spiro atoms. The van der Waals surface area contributed by atoms with Crippen molar-refractivity contribution in [2.75, 3.05) is 6.54 Å². The first kappa shape index (κ1) is 16.7. The Morgan fingerprint density at radius 3 is 2.82 bits per heavy atom. The van der Waals surface area contributed by atoms with Crippen LogP contribution < -0.4 is 0 Å². The van der Waals surface area contributed by atoms with E-state index in [0.29, 0.717) is 18.5 Å². The largest absolute Gasteiger partial charge is 0.357 e. The summed E-state index contributed by atoms with van der Waals surface area (Å²) in [6, 6.07) is 13.3. The maximum atomic E-state index is 13.3. The molecule has 6 nitrogen and oxygen atoms in total. The number of aromatic amines is 1. The maximum absolute atomic E-state index is 13.3. The Labute approximate surface area is 160 Å². The molecule has 2 amide bonds. The molecule has 1 fully saturated rings. The third-order valence-electron chi connectivity index (χ3n) is 5.34. The fraction of sp³-hybridized carbons (Fsp3) is 0.190. The third-order valence-corrected chi connectivity index (χ3v) is 5.34. The lowest BCUT2D eigenvalue weighted by atomic mass is 9.94. The smallest absolute Gasteiger partial charge is 0.266 e. The molecule has 140 valence electrons. The van der Waals surface area contributed by atoms with Crippen molar-refractivity contribution in [3.8, 4) is 0 Å². The van der Waals surface area contributed by atoms with Gasteiger partial charge in [0.25, 0.3) is 5.91 Å². The number of carbonyl (C=O) groups excluding carboxylic acids is 2. The number of nitrogens with one attached hydrogen (secondary N) is 1. The van der Waals surface area contributed by atoms with Crippen LogP contribution in [0.2, 0.25) is 0 Å². The van der Waals surface area contributed by atoms with E-state index in [4.69, 9.17) is 0 Å². The second kappa shape index (κ2) is 6.30. The highest BCUT2D eigenvalue weighted by atomic mass is 19.1. The van der Waals surface area contributed by atoms with Crippen molar-refractivity contribution in [3.05, 3.63) is 71.2 Å². The number of nitrogens with zero attached hydrogens (tertiary/aromatic N) is 3. The van der Waals surface area contributed by atoms with Gasteiger partial charge >= 0.3 is 0 Å². The first-order valence-electron chi connectivity index (χ1n) is 9.09. The number of hydrogen-bond acceptors (Lipinski definition) is 3.